The van der Waals surface area contributed by atoms with Gasteiger partial charge in [0.15, 0.2) is 6.34 Å². The van der Waals surface area contributed by atoms with E-state index < -0.39 is 0 Å². The van der Waals surface area contributed by atoms with Gasteiger partial charge in [0.25, 0.3) is 0 Å². The lowest BCUT2D eigenvalue weighted by Gasteiger charge is -2.25. The highest BCUT2D eigenvalue weighted by Gasteiger charge is 2.25. The Morgan fingerprint density at radius 3 is 2.38 bits per heavy atom. The Balaban J connectivity index is 2.64. The Labute approximate surface area is 50.2 Å². The van der Waals surface area contributed by atoms with Gasteiger partial charge in [0, 0.05) is 7.05 Å². The molecule has 0 aromatic carbocycles. The van der Waals surface area contributed by atoms with Crippen molar-refractivity contribution in [1.82, 2.24) is 4.90 Å². The zero-order chi connectivity index (χ0) is 6.20. The molecule has 8 heavy (non-hydrogen) atoms. The van der Waals surface area contributed by atoms with Crippen molar-refractivity contribution in [2.24, 2.45) is 4.99 Å². The number of hydrogen-bond donors (Lipinski definition) is 0. The van der Waals surface area contributed by atoms with E-state index in [-0.39, 0.29) is 5.54 Å². The zero-order valence-corrected chi connectivity index (χ0v) is 5.60. The van der Waals surface area contributed by atoms with Crippen LogP contribution in [-0.2, 0) is 0 Å². The molecular formula is C6H11N2. The molecule has 0 aromatic heterocycles. The van der Waals surface area contributed by atoms with Crippen molar-refractivity contribution >= 4 is 6.34 Å². The minimum Gasteiger partial charge on any atom is -0.350 e. The molecule has 0 atom stereocenters. The quantitative estimate of drug-likeness (QED) is 0.447. The van der Waals surface area contributed by atoms with Crippen molar-refractivity contribution in [3.63, 3.8) is 0 Å². The van der Waals surface area contributed by atoms with Crippen molar-refractivity contribution in [3.05, 3.63) is 0 Å². The van der Waals surface area contributed by atoms with Gasteiger partial charge in [0.1, 0.15) is 0 Å². The standard InChI is InChI=1S/C6H11N2/c1-6(2)4-7-5-8(6)3/h4H2,1-3H3. The van der Waals surface area contributed by atoms with Crippen molar-refractivity contribution in [2.75, 3.05) is 13.6 Å². The molecule has 1 aliphatic rings. The number of hydrogen-bond acceptors (Lipinski definition) is 2. The second-order valence-corrected chi connectivity index (χ2v) is 2.79. The summed E-state index contributed by atoms with van der Waals surface area (Å²) in [6.45, 7) is 5.18. The predicted molar refractivity (Wildman–Crippen MR) is 34.1 cm³/mol. The Kier molecular flexibility index (Phi) is 1.03. The van der Waals surface area contributed by atoms with Crippen molar-refractivity contribution < 1.29 is 0 Å². The first-order valence-corrected chi connectivity index (χ1v) is 2.79. The van der Waals surface area contributed by atoms with Gasteiger partial charge in [-0.05, 0) is 13.8 Å². The minimum atomic E-state index is 0.208. The second kappa shape index (κ2) is 1.47. The molecule has 1 radical (unpaired) electrons. The van der Waals surface area contributed by atoms with Crippen molar-refractivity contribution in [1.29, 1.82) is 0 Å². The van der Waals surface area contributed by atoms with Crippen LogP contribution in [-0.4, -0.2) is 30.4 Å². The maximum absolute atomic E-state index is 3.99. The van der Waals surface area contributed by atoms with Gasteiger partial charge in [-0.3, -0.25) is 4.99 Å². The van der Waals surface area contributed by atoms with Crippen LogP contribution in [0.1, 0.15) is 13.8 Å². The van der Waals surface area contributed by atoms with E-state index in [1.807, 2.05) is 11.9 Å². The van der Waals surface area contributed by atoms with E-state index in [1.165, 1.54) is 0 Å². The Bertz CT molecular complexity index is 116. The molecule has 0 aromatic rings. The molecular weight excluding hydrogens is 100 g/mol. The van der Waals surface area contributed by atoms with Gasteiger partial charge in [-0.15, -0.1) is 0 Å². The lowest BCUT2D eigenvalue weighted by atomic mass is 10.1. The molecule has 0 aliphatic carbocycles. The Hall–Kier alpha value is -0.530. The summed E-state index contributed by atoms with van der Waals surface area (Å²) in [5.41, 5.74) is 0.208. The van der Waals surface area contributed by atoms with Gasteiger partial charge < -0.3 is 4.90 Å². The molecule has 2 heteroatoms. The molecule has 45 valence electrons. The van der Waals surface area contributed by atoms with E-state index in [0.717, 1.165) is 6.54 Å². The summed E-state index contributed by atoms with van der Waals surface area (Å²) in [6, 6.07) is 0. The van der Waals surface area contributed by atoms with Crippen LogP contribution in [0.2, 0.25) is 0 Å². The first kappa shape index (κ1) is 5.60. The third-order valence-electron chi connectivity index (χ3n) is 1.59. The van der Waals surface area contributed by atoms with Crippen molar-refractivity contribution in [2.45, 2.75) is 19.4 Å². The van der Waals surface area contributed by atoms with Gasteiger partial charge in [-0.2, -0.15) is 0 Å². The predicted octanol–water partition coefficient (Wildman–Crippen LogP) is 0.616. The van der Waals surface area contributed by atoms with Gasteiger partial charge >= 0.3 is 0 Å². The number of nitrogens with zero attached hydrogens (tertiary/aromatic N) is 2. The average Bonchev–Trinajstić information content (AvgIpc) is 1.86. The van der Waals surface area contributed by atoms with Crippen molar-refractivity contribution in [3.8, 4) is 0 Å². The molecule has 2 nitrogen and oxygen atoms in total. The molecule has 0 fully saturated rings. The smallest absolute Gasteiger partial charge is 0.167 e. The fourth-order valence-electron chi connectivity index (χ4n) is 0.576. The lowest BCUT2D eigenvalue weighted by Crippen LogP contribution is -2.37. The largest absolute Gasteiger partial charge is 0.350 e. The number of aliphatic imine (C=N–C) groups is 1. The van der Waals surface area contributed by atoms with Crippen LogP contribution in [0.25, 0.3) is 0 Å². The van der Waals surface area contributed by atoms with E-state index >= 15 is 0 Å². The van der Waals surface area contributed by atoms with E-state index in [0.29, 0.717) is 0 Å². The van der Waals surface area contributed by atoms with Gasteiger partial charge in [-0.1, -0.05) is 0 Å². The summed E-state index contributed by atoms with van der Waals surface area (Å²) in [7, 11) is 2.00. The Morgan fingerprint density at radius 2 is 2.25 bits per heavy atom. The van der Waals surface area contributed by atoms with Crippen LogP contribution in [0.15, 0.2) is 4.99 Å². The SMILES string of the molecule is CN1[C]=NCC1(C)C. The second-order valence-electron chi connectivity index (χ2n) is 2.79. The molecule has 0 saturated heterocycles. The van der Waals surface area contributed by atoms with Crippen LogP contribution in [0.3, 0.4) is 0 Å². The fraction of sp³-hybridized carbons (Fsp3) is 0.833. The Morgan fingerprint density at radius 1 is 1.62 bits per heavy atom. The van der Waals surface area contributed by atoms with E-state index in [4.69, 9.17) is 0 Å². The lowest BCUT2D eigenvalue weighted by molar-refractivity contribution is 0.298. The van der Waals surface area contributed by atoms with Crippen LogP contribution in [0.5, 0.6) is 0 Å². The average molecular weight is 111 g/mol. The summed E-state index contributed by atoms with van der Waals surface area (Å²) < 4.78 is 0. The summed E-state index contributed by atoms with van der Waals surface area (Å²) in [5, 5.41) is 0. The topological polar surface area (TPSA) is 15.6 Å². The molecule has 1 rings (SSSR count). The molecule has 0 saturated carbocycles. The molecule has 1 heterocycles. The van der Waals surface area contributed by atoms with Gasteiger partial charge in [0.05, 0.1) is 12.1 Å². The molecule has 0 spiro atoms. The summed E-state index contributed by atoms with van der Waals surface area (Å²) in [6.07, 6.45) is 2.87. The van der Waals surface area contributed by atoms with Gasteiger partial charge in [-0.25, -0.2) is 0 Å². The molecule has 1 aliphatic heterocycles. The fourth-order valence-corrected chi connectivity index (χ4v) is 0.576. The number of likely N-dealkylation sites (N-methyl/N-ethyl adjacent to an activating group) is 1. The molecule has 0 amide bonds. The highest BCUT2D eigenvalue weighted by atomic mass is 15.2. The monoisotopic (exact) mass is 111 g/mol. The highest BCUT2D eigenvalue weighted by Crippen LogP contribution is 2.14. The summed E-state index contributed by atoms with van der Waals surface area (Å²) in [5.74, 6) is 0. The van der Waals surface area contributed by atoms with Crippen LogP contribution >= 0.6 is 0 Å². The van der Waals surface area contributed by atoms with Crippen LogP contribution in [0.4, 0.5) is 0 Å². The number of rotatable bonds is 0. The minimum absolute atomic E-state index is 0.208. The molecule has 0 bridgehead atoms. The maximum atomic E-state index is 3.99. The third kappa shape index (κ3) is 0.703. The molecule has 0 unspecified atom stereocenters. The molecule has 0 N–H and O–H groups in total. The van der Waals surface area contributed by atoms with E-state index in [1.54, 1.807) is 0 Å². The summed E-state index contributed by atoms with van der Waals surface area (Å²) >= 11 is 0. The zero-order valence-electron chi connectivity index (χ0n) is 5.60. The van der Waals surface area contributed by atoms with Crippen LogP contribution in [0, 0.1) is 0 Å². The van der Waals surface area contributed by atoms with E-state index in [9.17, 15) is 0 Å². The first-order chi connectivity index (χ1) is 3.63. The van der Waals surface area contributed by atoms with Gasteiger partial charge in [0.2, 0.25) is 0 Å². The third-order valence-corrected chi connectivity index (χ3v) is 1.59. The van der Waals surface area contributed by atoms with E-state index in [2.05, 4.69) is 25.2 Å². The summed E-state index contributed by atoms with van der Waals surface area (Å²) in [4.78, 5) is 6.00. The highest BCUT2D eigenvalue weighted by molar-refractivity contribution is 5.58. The first-order valence-electron chi connectivity index (χ1n) is 2.79. The van der Waals surface area contributed by atoms with Crippen LogP contribution < -0.4 is 0 Å². The maximum Gasteiger partial charge on any atom is 0.167 e. The normalized spacial score (nSPS) is 24.6.